The number of guanidine groups is 1. The Labute approximate surface area is 217 Å². The van der Waals surface area contributed by atoms with Gasteiger partial charge in [-0.05, 0) is 37.2 Å². The van der Waals surface area contributed by atoms with Crippen molar-refractivity contribution in [2.24, 2.45) is 28.1 Å². The third-order valence-corrected chi connectivity index (χ3v) is 6.32. The van der Waals surface area contributed by atoms with E-state index in [0.29, 0.717) is 19.3 Å². The van der Waals surface area contributed by atoms with Crippen LogP contribution >= 0.6 is 0 Å². The molecule has 0 spiro atoms. The number of rotatable bonds is 13. The molecular formula is C25H39N7O5. The van der Waals surface area contributed by atoms with Crippen molar-refractivity contribution in [3.8, 4) is 0 Å². The number of carbonyl (C=O) groups excluding carboxylic acids is 3. The lowest BCUT2D eigenvalue weighted by atomic mass is 10.0. The normalized spacial score (nSPS) is 17.5. The van der Waals surface area contributed by atoms with Gasteiger partial charge in [0.15, 0.2) is 5.96 Å². The van der Waals surface area contributed by atoms with Crippen LogP contribution in [-0.4, -0.2) is 76.9 Å². The number of aliphatic imine (C=N–C) groups is 1. The highest BCUT2D eigenvalue weighted by molar-refractivity contribution is 5.94. The summed E-state index contributed by atoms with van der Waals surface area (Å²) >= 11 is 0. The number of nitrogens with two attached hydrogens (primary N) is 3. The van der Waals surface area contributed by atoms with E-state index in [4.69, 9.17) is 17.2 Å². The average Bonchev–Trinajstić information content (AvgIpc) is 3.35. The molecule has 204 valence electrons. The summed E-state index contributed by atoms with van der Waals surface area (Å²) in [6.07, 6.45) is 1.63. The Bertz CT molecular complexity index is 965. The Hall–Kier alpha value is -3.67. The standard InChI is InChI=1S/C25H39N7O5/c1-15(2)20(26)22(34)31-18(14-16-8-4-3-5-9-16)21(33)30-17(10-6-12-29-25(27)28)23(35)32-13-7-11-19(32)24(36)37/h3-5,8-9,15,17-20H,6-7,10-14,26H2,1-2H3,(H,30,33)(H,31,34)(H,36,37)(H4,27,28,29). The van der Waals surface area contributed by atoms with E-state index in [1.807, 2.05) is 30.3 Å². The number of benzene rings is 1. The van der Waals surface area contributed by atoms with Crippen LogP contribution in [0.2, 0.25) is 0 Å². The quantitative estimate of drug-likeness (QED) is 0.112. The molecule has 0 bridgehead atoms. The van der Waals surface area contributed by atoms with Gasteiger partial charge in [0.1, 0.15) is 18.1 Å². The van der Waals surface area contributed by atoms with Gasteiger partial charge in [-0.2, -0.15) is 0 Å². The van der Waals surface area contributed by atoms with Crippen LogP contribution in [0.15, 0.2) is 35.3 Å². The topological polar surface area (TPSA) is 206 Å². The van der Waals surface area contributed by atoms with Crippen LogP contribution in [0.5, 0.6) is 0 Å². The highest BCUT2D eigenvalue weighted by Gasteiger charge is 2.38. The van der Waals surface area contributed by atoms with Gasteiger partial charge in [0.2, 0.25) is 17.7 Å². The fraction of sp³-hybridized carbons (Fsp3) is 0.560. The van der Waals surface area contributed by atoms with Crippen molar-refractivity contribution in [2.45, 2.75) is 70.1 Å². The summed E-state index contributed by atoms with van der Waals surface area (Å²) in [4.78, 5) is 56.4. The summed E-state index contributed by atoms with van der Waals surface area (Å²) in [5.41, 5.74) is 17.5. The number of nitrogens with one attached hydrogen (secondary N) is 2. The van der Waals surface area contributed by atoms with Crippen molar-refractivity contribution in [2.75, 3.05) is 13.1 Å². The predicted molar refractivity (Wildman–Crippen MR) is 139 cm³/mol. The molecule has 0 radical (unpaired) electrons. The van der Waals surface area contributed by atoms with Crippen LogP contribution in [0.3, 0.4) is 0 Å². The van der Waals surface area contributed by atoms with Gasteiger partial charge in [-0.25, -0.2) is 4.79 Å². The first kappa shape index (κ1) is 29.6. The number of carboxylic acids is 1. The minimum Gasteiger partial charge on any atom is -0.480 e. The van der Waals surface area contributed by atoms with Crippen molar-refractivity contribution in [3.63, 3.8) is 0 Å². The van der Waals surface area contributed by atoms with E-state index < -0.39 is 47.9 Å². The van der Waals surface area contributed by atoms with Crippen LogP contribution in [-0.2, 0) is 25.6 Å². The number of nitrogens with zero attached hydrogens (tertiary/aromatic N) is 2. The Morgan fingerprint density at radius 3 is 2.32 bits per heavy atom. The minimum atomic E-state index is -1.09. The molecule has 37 heavy (non-hydrogen) atoms. The summed E-state index contributed by atoms with van der Waals surface area (Å²) < 4.78 is 0. The number of hydrogen-bond acceptors (Lipinski definition) is 6. The number of amides is 3. The lowest BCUT2D eigenvalue weighted by Gasteiger charge is -2.29. The summed E-state index contributed by atoms with van der Waals surface area (Å²) in [6, 6.07) is 5.35. The first-order valence-electron chi connectivity index (χ1n) is 12.5. The molecule has 2 rings (SSSR count). The zero-order valence-corrected chi connectivity index (χ0v) is 21.4. The Morgan fingerprint density at radius 2 is 1.73 bits per heavy atom. The predicted octanol–water partition coefficient (Wildman–Crippen LogP) is -0.689. The molecule has 3 amide bonds. The fourth-order valence-electron chi connectivity index (χ4n) is 4.15. The second-order valence-corrected chi connectivity index (χ2v) is 9.56. The highest BCUT2D eigenvalue weighted by Crippen LogP contribution is 2.20. The zero-order chi connectivity index (χ0) is 27.5. The third-order valence-electron chi connectivity index (χ3n) is 6.32. The monoisotopic (exact) mass is 517 g/mol. The Morgan fingerprint density at radius 1 is 1.08 bits per heavy atom. The average molecular weight is 518 g/mol. The molecule has 4 atom stereocenters. The summed E-state index contributed by atoms with van der Waals surface area (Å²) in [7, 11) is 0. The second kappa shape index (κ2) is 14.2. The van der Waals surface area contributed by atoms with E-state index in [9.17, 15) is 24.3 Å². The molecule has 0 aliphatic carbocycles. The minimum absolute atomic E-state index is 0.0930. The van der Waals surface area contributed by atoms with Crippen LogP contribution < -0.4 is 27.8 Å². The number of hydrogen-bond donors (Lipinski definition) is 6. The van der Waals surface area contributed by atoms with Gasteiger partial charge in [0.05, 0.1) is 6.04 Å². The molecule has 1 saturated heterocycles. The van der Waals surface area contributed by atoms with Gasteiger partial charge in [-0.3, -0.25) is 19.4 Å². The van der Waals surface area contributed by atoms with Gasteiger partial charge in [0, 0.05) is 19.5 Å². The molecular weight excluding hydrogens is 478 g/mol. The molecule has 1 fully saturated rings. The third kappa shape index (κ3) is 9.05. The van der Waals surface area contributed by atoms with Crippen molar-refractivity contribution < 1.29 is 24.3 Å². The maximum atomic E-state index is 13.4. The SMILES string of the molecule is CC(C)C(N)C(=O)NC(Cc1ccccc1)C(=O)NC(CCCN=C(N)N)C(=O)N1CCCC1C(=O)O. The zero-order valence-electron chi connectivity index (χ0n) is 21.4. The fourth-order valence-corrected chi connectivity index (χ4v) is 4.15. The molecule has 12 heteroatoms. The summed E-state index contributed by atoms with van der Waals surface area (Å²) in [5.74, 6) is -2.87. The number of carboxylic acid groups (broad SMARTS) is 1. The van der Waals surface area contributed by atoms with Gasteiger partial charge in [0.25, 0.3) is 0 Å². The van der Waals surface area contributed by atoms with E-state index >= 15 is 0 Å². The van der Waals surface area contributed by atoms with Gasteiger partial charge in [-0.15, -0.1) is 0 Å². The smallest absolute Gasteiger partial charge is 0.326 e. The second-order valence-electron chi connectivity index (χ2n) is 9.56. The first-order chi connectivity index (χ1) is 17.5. The lowest BCUT2D eigenvalue weighted by Crippen LogP contribution is -2.58. The lowest BCUT2D eigenvalue weighted by molar-refractivity contribution is -0.149. The number of carbonyl (C=O) groups is 4. The van der Waals surface area contributed by atoms with E-state index in [0.717, 1.165) is 5.56 Å². The maximum absolute atomic E-state index is 13.4. The van der Waals surface area contributed by atoms with Crippen LogP contribution in [0.1, 0.15) is 45.1 Å². The molecule has 0 aromatic heterocycles. The molecule has 0 saturated carbocycles. The molecule has 1 aromatic carbocycles. The van der Waals surface area contributed by atoms with E-state index in [2.05, 4.69) is 15.6 Å². The van der Waals surface area contributed by atoms with Gasteiger partial charge < -0.3 is 37.8 Å². The highest BCUT2D eigenvalue weighted by atomic mass is 16.4. The molecule has 12 nitrogen and oxygen atoms in total. The van der Waals surface area contributed by atoms with Crippen molar-refractivity contribution in [3.05, 3.63) is 35.9 Å². The summed E-state index contributed by atoms with van der Waals surface area (Å²) in [6.45, 7) is 4.12. The molecule has 1 aliphatic heterocycles. The largest absolute Gasteiger partial charge is 0.480 e. The maximum Gasteiger partial charge on any atom is 0.326 e. The van der Waals surface area contributed by atoms with E-state index in [1.165, 1.54) is 4.90 Å². The molecule has 1 aliphatic rings. The molecule has 1 aromatic rings. The van der Waals surface area contributed by atoms with Crippen LogP contribution in [0.4, 0.5) is 0 Å². The van der Waals surface area contributed by atoms with Crippen LogP contribution in [0, 0.1) is 5.92 Å². The van der Waals surface area contributed by atoms with Crippen molar-refractivity contribution in [1.82, 2.24) is 15.5 Å². The number of likely N-dealkylation sites (tertiary alicyclic amines) is 1. The van der Waals surface area contributed by atoms with Crippen molar-refractivity contribution in [1.29, 1.82) is 0 Å². The molecule has 1 heterocycles. The Balaban J connectivity index is 2.25. The van der Waals surface area contributed by atoms with E-state index in [-0.39, 0.29) is 37.8 Å². The van der Waals surface area contributed by atoms with Crippen molar-refractivity contribution >= 4 is 29.7 Å². The number of aliphatic carboxylic acids is 1. The summed E-state index contributed by atoms with van der Waals surface area (Å²) in [5, 5.41) is 15.0. The van der Waals surface area contributed by atoms with Crippen LogP contribution in [0.25, 0.3) is 0 Å². The first-order valence-corrected chi connectivity index (χ1v) is 12.5. The van der Waals surface area contributed by atoms with Gasteiger partial charge >= 0.3 is 5.97 Å². The van der Waals surface area contributed by atoms with E-state index in [1.54, 1.807) is 13.8 Å². The van der Waals surface area contributed by atoms with Gasteiger partial charge in [-0.1, -0.05) is 44.2 Å². The Kier molecular flexibility index (Phi) is 11.3. The molecule has 9 N–H and O–H groups in total. The molecule has 4 unspecified atom stereocenters.